The summed E-state index contributed by atoms with van der Waals surface area (Å²) in [6.07, 6.45) is -0.278. The number of aliphatic hydroxyl groups is 1. The van der Waals surface area contributed by atoms with Crippen molar-refractivity contribution in [3.8, 4) is 17.2 Å². The molecule has 1 aliphatic carbocycles. The molecule has 1 atom stereocenters. The van der Waals surface area contributed by atoms with Crippen molar-refractivity contribution in [2.45, 2.75) is 12.3 Å². The Hall–Kier alpha value is -3.81. The average molecular weight is 410 g/mol. The fourth-order valence-electron chi connectivity index (χ4n) is 3.70. The van der Waals surface area contributed by atoms with Gasteiger partial charge in [0.05, 0.1) is 26.2 Å². The lowest BCUT2D eigenvalue weighted by atomic mass is 9.78. The molecule has 1 heterocycles. The van der Waals surface area contributed by atoms with Gasteiger partial charge in [0.1, 0.15) is 5.76 Å². The van der Waals surface area contributed by atoms with Gasteiger partial charge in [-0.3, -0.25) is 14.4 Å². The van der Waals surface area contributed by atoms with Crippen molar-refractivity contribution in [1.82, 2.24) is 0 Å². The lowest BCUT2D eigenvalue weighted by Crippen LogP contribution is -2.28. The highest BCUT2D eigenvalue weighted by Gasteiger charge is 2.39. The molecule has 1 unspecified atom stereocenters. The molecule has 8 nitrogen and oxygen atoms in total. The molecule has 0 radical (unpaired) electrons. The van der Waals surface area contributed by atoms with Gasteiger partial charge in [-0.15, -0.1) is 0 Å². The maximum absolute atomic E-state index is 13.0. The van der Waals surface area contributed by atoms with Gasteiger partial charge in [0.2, 0.25) is 24.1 Å². The molecule has 0 saturated carbocycles. The van der Waals surface area contributed by atoms with Crippen LogP contribution >= 0.6 is 0 Å². The molecule has 8 heteroatoms. The van der Waals surface area contributed by atoms with Crippen molar-refractivity contribution in [3.05, 3.63) is 58.7 Å². The summed E-state index contributed by atoms with van der Waals surface area (Å²) in [5.74, 6) is -2.45. The highest BCUT2D eigenvalue weighted by Crippen LogP contribution is 2.46. The number of carbonyl (C=O) groups excluding carboxylic acids is 3. The quantitative estimate of drug-likeness (QED) is 0.592. The fourth-order valence-corrected chi connectivity index (χ4v) is 3.70. The number of hydrogen-bond donors (Lipinski definition) is 1. The van der Waals surface area contributed by atoms with Gasteiger partial charge < -0.3 is 24.1 Å². The van der Waals surface area contributed by atoms with E-state index in [1.54, 1.807) is 30.3 Å². The van der Waals surface area contributed by atoms with Crippen LogP contribution < -0.4 is 14.2 Å². The Bertz CT molecular complexity index is 1100. The van der Waals surface area contributed by atoms with Crippen molar-refractivity contribution in [2.75, 3.05) is 21.0 Å². The zero-order chi connectivity index (χ0) is 21.4. The first-order valence-corrected chi connectivity index (χ1v) is 9.12. The van der Waals surface area contributed by atoms with Gasteiger partial charge >= 0.3 is 5.97 Å². The highest BCUT2D eigenvalue weighted by atomic mass is 16.7. The third-order valence-electron chi connectivity index (χ3n) is 5.16. The number of ether oxygens (including phenoxy) is 4. The molecule has 2 aromatic carbocycles. The first-order chi connectivity index (χ1) is 14.5. The third kappa shape index (κ3) is 3.06. The second-order valence-electron chi connectivity index (χ2n) is 6.76. The van der Waals surface area contributed by atoms with E-state index in [9.17, 15) is 19.5 Å². The summed E-state index contributed by atoms with van der Waals surface area (Å²) < 4.78 is 20.9. The number of rotatable bonds is 5. The molecular weight excluding hydrogens is 392 g/mol. The van der Waals surface area contributed by atoms with Crippen LogP contribution in [0.3, 0.4) is 0 Å². The van der Waals surface area contributed by atoms with Gasteiger partial charge in [-0.1, -0.05) is 24.3 Å². The van der Waals surface area contributed by atoms with Crippen molar-refractivity contribution in [2.24, 2.45) is 0 Å². The van der Waals surface area contributed by atoms with Crippen LogP contribution in [-0.2, 0) is 14.3 Å². The van der Waals surface area contributed by atoms with E-state index in [-0.39, 0.29) is 35.7 Å². The van der Waals surface area contributed by atoms with Crippen LogP contribution in [0.5, 0.6) is 17.2 Å². The average Bonchev–Trinajstić information content (AvgIpc) is 3.25. The number of allylic oxidation sites excluding steroid dienone is 1. The summed E-state index contributed by atoms with van der Waals surface area (Å²) in [4.78, 5) is 37.8. The normalized spacial score (nSPS) is 15.7. The summed E-state index contributed by atoms with van der Waals surface area (Å²) in [6.45, 7) is -0.00441. The summed E-state index contributed by atoms with van der Waals surface area (Å²) in [7, 11) is 2.66. The number of esters is 1. The molecule has 1 aliphatic heterocycles. The van der Waals surface area contributed by atoms with Crippen molar-refractivity contribution >= 4 is 23.3 Å². The Kier molecular flexibility index (Phi) is 4.91. The first kappa shape index (κ1) is 19.5. The predicted molar refractivity (Wildman–Crippen MR) is 104 cm³/mol. The SMILES string of the molecule is COC(=O)CC(C1=C(O)c2ccccc2C(=O)C1=O)c1cc(OC)c2c(c1)OCO2. The van der Waals surface area contributed by atoms with Crippen LogP contribution in [0.2, 0.25) is 0 Å². The topological polar surface area (TPSA) is 108 Å². The van der Waals surface area contributed by atoms with E-state index in [1.807, 2.05) is 0 Å². The maximum Gasteiger partial charge on any atom is 0.306 e. The molecule has 154 valence electrons. The van der Waals surface area contributed by atoms with E-state index >= 15 is 0 Å². The van der Waals surface area contributed by atoms with Crippen molar-refractivity contribution < 1.29 is 38.4 Å². The molecule has 0 bridgehead atoms. The summed E-state index contributed by atoms with van der Waals surface area (Å²) in [5.41, 5.74) is 0.608. The van der Waals surface area contributed by atoms with Crippen LogP contribution in [0.15, 0.2) is 42.0 Å². The summed E-state index contributed by atoms with van der Waals surface area (Å²) in [5, 5.41) is 10.9. The van der Waals surface area contributed by atoms with E-state index in [1.165, 1.54) is 20.3 Å². The number of benzene rings is 2. The Labute approximate surface area is 171 Å². The Morgan fingerprint density at radius 2 is 1.83 bits per heavy atom. The zero-order valence-corrected chi connectivity index (χ0v) is 16.3. The minimum absolute atomic E-state index is 0.00441. The minimum Gasteiger partial charge on any atom is -0.507 e. The standard InChI is InChI=1S/C22H18O8/c1-27-15-7-11(8-16-22(15)30-10-29-16)14(9-17(23)28-2)18-19(24)12-5-3-4-6-13(12)20(25)21(18)26/h3-8,14,24H,9-10H2,1-2H3. The van der Waals surface area contributed by atoms with Crippen molar-refractivity contribution in [1.29, 1.82) is 0 Å². The van der Waals surface area contributed by atoms with Crippen LogP contribution in [0, 0.1) is 0 Å². The third-order valence-corrected chi connectivity index (χ3v) is 5.16. The lowest BCUT2D eigenvalue weighted by Gasteiger charge is -2.25. The summed E-state index contributed by atoms with van der Waals surface area (Å²) in [6, 6.07) is 9.45. The fraction of sp³-hybridized carbons (Fsp3) is 0.227. The largest absolute Gasteiger partial charge is 0.507 e. The first-order valence-electron chi connectivity index (χ1n) is 9.12. The Balaban J connectivity index is 1.92. The number of fused-ring (bicyclic) bond motifs is 2. The van der Waals surface area contributed by atoms with Gasteiger partial charge in [0, 0.05) is 17.0 Å². The van der Waals surface area contributed by atoms with E-state index in [2.05, 4.69) is 0 Å². The van der Waals surface area contributed by atoms with E-state index in [0.29, 0.717) is 22.8 Å². The van der Waals surface area contributed by atoms with Gasteiger partial charge in [-0.25, -0.2) is 0 Å². The highest BCUT2D eigenvalue weighted by molar-refractivity contribution is 6.52. The smallest absolute Gasteiger partial charge is 0.306 e. The number of carbonyl (C=O) groups is 3. The molecule has 0 amide bonds. The maximum atomic E-state index is 13.0. The summed E-state index contributed by atoms with van der Waals surface area (Å²) >= 11 is 0. The molecular formula is C22H18O8. The number of Topliss-reactive ketones (excluding diaryl/α,β-unsaturated/α-hetero) is 2. The van der Waals surface area contributed by atoms with Crippen LogP contribution in [0.4, 0.5) is 0 Å². The number of methoxy groups -OCH3 is 2. The van der Waals surface area contributed by atoms with Crippen molar-refractivity contribution in [3.63, 3.8) is 0 Å². The van der Waals surface area contributed by atoms with E-state index < -0.39 is 23.5 Å². The van der Waals surface area contributed by atoms with Gasteiger partial charge in [0.15, 0.2) is 11.5 Å². The second kappa shape index (κ2) is 7.55. The predicted octanol–water partition coefficient (Wildman–Crippen LogP) is 2.81. The molecule has 0 aromatic heterocycles. The van der Waals surface area contributed by atoms with Gasteiger partial charge in [-0.2, -0.15) is 0 Å². The van der Waals surface area contributed by atoms with Crippen LogP contribution in [-0.4, -0.2) is 43.7 Å². The van der Waals surface area contributed by atoms with E-state index in [0.717, 1.165) is 0 Å². The number of ketones is 2. The lowest BCUT2D eigenvalue weighted by molar-refractivity contribution is -0.140. The van der Waals surface area contributed by atoms with Gasteiger partial charge in [0.25, 0.3) is 0 Å². The Morgan fingerprint density at radius 3 is 2.53 bits per heavy atom. The molecule has 2 aromatic rings. The van der Waals surface area contributed by atoms with E-state index in [4.69, 9.17) is 18.9 Å². The molecule has 2 aliphatic rings. The molecule has 0 fully saturated rings. The Morgan fingerprint density at radius 1 is 1.10 bits per heavy atom. The molecule has 0 spiro atoms. The number of aliphatic hydroxyl groups excluding tert-OH is 1. The van der Waals surface area contributed by atoms with Gasteiger partial charge in [-0.05, 0) is 17.7 Å². The zero-order valence-electron chi connectivity index (χ0n) is 16.3. The van der Waals surface area contributed by atoms with Crippen LogP contribution in [0.1, 0.15) is 33.8 Å². The minimum atomic E-state index is -0.967. The molecule has 0 saturated heterocycles. The number of hydrogen-bond acceptors (Lipinski definition) is 8. The second-order valence-corrected chi connectivity index (χ2v) is 6.76. The van der Waals surface area contributed by atoms with Crippen LogP contribution in [0.25, 0.3) is 5.76 Å². The molecule has 30 heavy (non-hydrogen) atoms. The monoisotopic (exact) mass is 410 g/mol. The molecule has 4 rings (SSSR count). The molecule has 1 N–H and O–H groups in total.